The van der Waals surface area contributed by atoms with Gasteiger partial charge in [0.1, 0.15) is 11.3 Å². The number of nitro groups is 1. The van der Waals surface area contributed by atoms with E-state index in [0.29, 0.717) is 23.0 Å². The standard InChI is InChI=1S/C17H24BrN3O5/c1-17(2,3)26-16(23)20-12-6-4-5-11(15(12)22)19-13-9-10(18)7-8-14(13)21(24)25/h7-9,11-12,15,19,22H,4-6H2,1-3H3,(H,20,23)/t11-,12+,15+/m1/s1. The number of aliphatic hydroxyl groups is 1. The molecule has 1 fully saturated rings. The average Bonchev–Trinajstić information content (AvgIpc) is 2.49. The Morgan fingerprint density at radius 1 is 1.35 bits per heavy atom. The second kappa shape index (κ2) is 8.22. The molecule has 0 radical (unpaired) electrons. The van der Waals surface area contributed by atoms with Crippen molar-refractivity contribution in [1.29, 1.82) is 0 Å². The van der Waals surface area contributed by atoms with Crippen LogP contribution in [0.4, 0.5) is 16.2 Å². The Labute approximate surface area is 160 Å². The number of nitrogens with one attached hydrogen (secondary N) is 2. The summed E-state index contributed by atoms with van der Waals surface area (Å²) < 4.78 is 5.93. The number of hydrogen-bond donors (Lipinski definition) is 3. The smallest absolute Gasteiger partial charge is 0.407 e. The molecule has 1 aromatic carbocycles. The van der Waals surface area contributed by atoms with Crippen LogP contribution in [0.1, 0.15) is 40.0 Å². The fourth-order valence-electron chi connectivity index (χ4n) is 2.94. The fraction of sp³-hybridized carbons (Fsp3) is 0.588. The van der Waals surface area contributed by atoms with Crippen LogP contribution in [0.2, 0.25) is 0 Å². The first kappa shape index (κ1) is 20.4. The monoisotopic (exact) mass is 429 g/mol. The topological polar surface area (TPSA) is 114 Å². The first-order valence-corrected chi connectivity index (χ1v) is 9.24. The Morgan fingerprint density at radius 2 is 2.00 bits per heavy atom. The lowest BCUT2D eigenvalue weighted by atomic mass is 9.88. The summed E-state index contributed by atoms with van der Waals surface area (Å²) in [7, 11) is 0. The summed E-state index contributed by atoms with van der Waals surface area (Å²) in [4.78, 5) is 22.7. The van der Waals surface area contributed by atoms with Crippen LogP contribution < -0.4 is 10.6 Å². The number of anilines is 1. The zero-order chi connectivity index (χ0) is 19.5. The molecule has 3 atom stereocenters. The summed E-state index contributed by atoms with van der Waals surface area (Å²) in [5.74, 6) is 0. The first-order valence-electron chi connectivity index (χ1n) is 8.45. The van der Waals surface area contributed by atoms with E-state index in [4.69, 9.17) is 4.74 Å². The van der Waals surface area contributed by atoms with Gasteiger partial charge < -0.3 is 20.5 Å². The molecule has 0 saturated heterocycles. The van der Waals surface area contributed by atoms with Crippen molar-refractivity contribution in [3.63, 3.8) is 0 Å². The third kappa shape index (κ3) is 5.57. The highest BCUT2D eigenvalue weighted by Crippen LogP contribution is 2.31. The number of ether oxygens (including phenoxy) is 1. The number of nitro benzene ring substituents is 1. The zero-order valence-corrected chi connectivity index (χ0v) is 16.6. The van der Waals surface area contributed by atoms with E-state index in [-0.39, 0.29) is 5.69 Å². The van der Waals surface area contributed by atoms with Crippen LogP contribution in [-0.2, 0) is 4.74 Å². The Kier molecular flexibility index (Phi) is 6.46. The summed E-state index contributed by atoms with van der Waals surface area (Å²) in [5.41, 5.74) is -0.368. The summed E-state index contributed by atoms with van der Waals surface area (Å²) in [6, 6.07) is 3.69. The van der Waals surface area contributed by atoms with Gasteiger partial charge in [0.05, 0.1) is 23.1 Å². The van der Waals surface area contributed by atoms with Crippen LogP contribution in [0, 0.1) is 10.1 Å². The number of nitrogens with zero attached hydrogens (tertiary/aromatic N) is 1. The van der Waals surface area contributed by atoms with Gasteiger partial charge in [-0.05, 0) is 52.2 Å². The molecule has 1 saturated carbocycles. The van der Waals surface area contributed by atoms with Gasteiger partial charge in [0.15, 0.2) is 0 Å². The molecule has 1 aliphatic rings. The van der Waals surface area contributed by atoms with Crippen LogP contribution in [0.15, 0.2) is 22.7 Å². The lowest BCUT2D eigenvalue weighted by Gasteiger charge is -2.36. The minimum absolute atomic E-state index is 0.0670. The van der Waals surface area contributed by atoms with Crippen molar-refractivity contribution in [2.24, 2.45) is 0 Å². The lowest BCUT2D eigenvalue weighted by Crippen LogP contribution is -2.54. The van der Waals surface area contributed by atoms with E-state index >= 15 is 0 Å². The quantitative estimate of drug-likeness (QED) is 0.497. The van der Waals surface area contributed by atoms with Crippen LogP contribution in [-0.4, -0.2) is 39.9 Å². The number of amides is 1. The maximum absolute atomic E-state index is 12.0. The highest BCUT2D eigenvalue weighted by atomic mass is 79.9. The van der Waals surface area contributed by atoms with Crippen LogP contribution in [0.3, 0.4) is 0 Å². The number of halogens is 1. The number of alkyl carbamates (subject to hydrolysis) is 1. The molecule has 1 amide bonds. The third-order valence-corrected chi connectivity index (χ3v) is 4.55. The Balaban J connectivity index is 2.08. The van der Waals surface area contributed by atoms with Crippen molar-refractivity contribution >= 4 is 33.4 Å². The molecule has 3 N–H and O–H groups in total. The second-order valence-corrected chi connectivity index (χ2v) is 8.26. The summed E-state index contributed by atoms with van der Waals surface area (Å²) in [6.07, 6.45) is 0.526. The number of hydrogen-bond acceptors (Lipinski definition) is 6. The normalized spacial score (nSPS) is 23.2. The molecule has 8 nitrogen and oxygen atoms in total. The second-order valence-electron chi connectivity index (χ2n) is 7.34. The van der Waals surface area contributed by atoms with Gasteiger partial charge in [-0.3, -0.25) is 10.1 Å². The molecule has 0 aromatic heterocycles. The number of carbonyl (C=O) groups excluding carboxylic acids is 1. The number of rotatable bonds is 4. The van der Waals surface area contributed by atoms with Crippen molar-refractivity contribution in [1.82, 2.24) is 5.32 Å². The van der Waals surface area contributed by atoms with Gasteiger partial charge in [-0.25, -0.2) is 4.79 Å². The largest absolute Gasteiger partial charge is 0.444 e. The van der Waals surface area contributed by atoms with E-state index in [9.17, 15) is 20.0 Å². The van der Waals surface area contributed by atoms with Gasteiger partial charge in [-0.2, -0.15) is 0 Å². The molecular weight excluding hydrogens is 406 g/mol. The van der Waals surface area contributed by atoms with Gasteiger partial charge in [0.25, 0.3) is 5.69 Å². The molecular formula is C17H24BrN3O5. The molecule has 9 heteroatoms. The first-order chi connectivity index (χ1) is 12.1. The molecule has 0 bridgehead atoms. The van der Waals surface area contributed by atoms with Gasteiger partial charge in [-0.15, -0.1) is 0 Å². The van der Waals surface area contributed by atoms with E-state index < -0.39 is 34.8 Å². The van der Waals surface area contributed by atoms with Gasteiger partial charge in [0.2, 0.25) is 0 Å². The zero-order valence-electron chi connectivity index (χ0n) is 15.0. The Morgan fingerprint density at radius 3 is 2.62 bits per heavy atom. The maximum atomic E-state index is 12.0. The predicted molar refractivity (Wildman–Crippen MR) is 101 cm³/mol. The van der Waals surface area contributed by atoms with Crippen molar-refractivity contribution in [2.45, 2.75) is 63.8 Å². The molecule has 0 spiro atoms. The van der Waals surface area contributed by atoms with Gasteiger partial charge in [0, 0.05) is 10.5 Å². The number of aliphatic hydroxyl groups excluding tert-OH is 1. The summed E-state index contributed by atoms with van der Waals surface area (Å²) >= 11 is 3.30. The lowest BCUT2D eigenvalue weighted by molar-refractivity contribution is -0.384. The molecule has 0 heterocycles. The molecule has 26 heavy (non-hydrogen) atoms. The molecule has 1 aliphatic carbocycles. The van der Waals surface area contributed by atoms with E-state index in [0.717, 1.165) is 6.42 Å². The fourth-order valence-corrected chi connectivity index (χ4v) is 3.30. The number of benzene rings is 1. The van der Waals surface area contributed by atoms with Crippen LogP contribution in [0.5, 0.6) is 0 Å². The molecule has 1 aromatic rings. The molecule has 0 aliphatic heterocycles. The van der Waals surface area contributed by atoms with Crippen molar-refractivity contribution in [3.8, 4) is 0 Å². The SMILES string of the molecule is CC(C)(C)OC(=O)N[C@H]1CCC[C@@H](Nc2cc(Br)ccc2[N+](=O)[O-])[C@@H]1O. The van der Waals surface area contributed by atoms with Gasteiger partial charge in [-0.1, -0.05) is 15.9 Å². The number of carbonyl (C=O) groups is 1. The minimum atomic E-state index is -0.894. The Bertz CT molecular complexity index is 677. The minimum Gasteiger partial charge on any atom is -0.444 e. The van der Waals surface area contributed by atoms with Crippen LogP contribution >= 0.6 is 15.9 Å². The Hall–Kier alpha value is -1.87. The molecule has 144 valence electrons. The van der Waals surface area contributed by atoms with E-state index in [1.54, 1.807) is 32.9 Å². The summed E-state index contributed by atoms with van der Waals surface area (Å²) in [5, 5.41) is 27.6. The predicted octanol–water partition coefficient (Wildman–Crippen LogP) is 3.58. The van der Waals surface area contributed by atoms with Crippen molar-refractivity contribution in [2.75, 3.05) is 5.32 Å². The molecule has 0 unspecified atom stereocenters. The van der Waals surface area contributed by atoms with Crippen LogP contribution in [0.25, 0.3) is 0 Å². The molecule has 2 rings (SSSR count). The maximum Gasteiger partial charge on any atom is 0.407 e. The highest BCUT2D eigenvalue weighted by molar-refractivity contribution is 9.10. The highest BCUT2D eigenvalue weighted by Gasteiger charge is 2.34. The summed E-state index contributed by atoms with van der Waals surface area (Å²) in [6.45, 7) is 5.29. The van der Waals surface area contributed by atoms with E-state index in [1.165, 1.54) is 6.07 Å². The van der Waals surface area contributed by atoms with E-state index in [1.807, 2.05) is 0 Å². The van der Waals surface area contributed by atoms with E-state index in [2.05, 4.69) is 26.6 Å². The van der Waals surface area contributed by atoms with Crippen molar-refractivity contribution in [3.05, 3.63) is 32.8 Å². The van der Waals surface area contributed by atoms with Crippen molar-refractivity contribution < 1.29 is 19.6 Å². The van der Waals surface area contributed by atoms with Gasteiger partial charge >= 0.3 is 6.09 Å². The third-order valence-electron chi connectivity index (χ3n) is 4.05. The average molecular weight is 430 g/mol.